The summed E-state index contributed by atoms with van der Waals surface area (Å²) in [6.45, 7) is 2.10. The maximum Gasteiger partial charge on any atom is 0.149 e. The highest BCUT2D eigenvalue weighted by atomic mass is 35.5. The molecule has 0 radical (unpaired) electrons. The van der Waals surface area contributed by atoms with Crippen LogP contribution in [0.3, 0.4) is 0 Å². The van der Waals surface area contributed by atoms with E-state index in [4.69, 9.17) is 22.0 Å². The zero-order valence-corrected chi connectivity index (χ0v) is 11.0. The Labute approximate surface area is 111 Å². The van der Waals surface area contributed by atoms with Crippen LogP contribution in [0.4, 0.5) is 5.82 Å². The highest BCUT2D eigenvalue weighted by Crippen LogP contribution is 2.30. The molecule has 96 valence electrons. The van der Waals surface area contributed by atoms with Gasteiger partial charge in [-0.25, -0.2) is 4.98 Å². The molecule has 0 spiro atoms. The van der Waals surface area contributed by atoms with Gasteiger partial charge in [0.15, 0.2) is 0 Å². The summed E-state index contributed by atoms with van der Waals surface area (Å²) in [6, 6.07) is 2.13. The van der Waals surface area contributed by atoms with E-state index in [-0.39, 0.29) is 11.8 Å². The first-order valence-corrected chi connectivity index (χ1v) is 6.19. The maximum atomic E-state index is 9.16. The van der Waals surface area contributed by atoms with Crippen molar-refractivity contribution in [3.63, 3.8) is 0 Å². The van der Waals surface area contributed by atoms with Crippen molar-refractivity contribution >= 4 is 17.4 Å². The number of aliphatic hydroxyl groups is 1. The standard InChI is InChI=1S/C12H15ClN4O/c1-17-4-2-8-9(6-14)11(13)16-12(10(8)7-17)15-3-5-18/h18H,2-5,7H2,1H3,(H,15,16). The van der Waals surface area contributed by atoms with Crippen LogP contribution in [0.1, 0.15) is 16.7 Å². The topological polar surface area (TPSA) is 72.2 Å². The Morgan fingerprint density at radius 1 is 1.56 bits per heavy atom. The second-order valence-corrected chi connectivity index (χ2v) is 4.69. The number of aliphatic hydroxyl groups excluding tert-OH is 1. The molecular formula is C12H15ClN4O. The first-order valence-electron chi connectivity index (χ1n) is 5.82. The van der Waals surface area contributed by atoms with Crippen molar-refractivity contribution in [2.45, 2.75) is 13.0 Å². The number of likely N-dealkylation sites (N-methyl/N-ethyl adjacent to an activating group) is 1. The predicted octanol–water partition coefficient (Wildman–Crippen LogP) is 0.999. The average Bonchev–Trinajstić information content (AvgIpc) is 2.36. The fourth-order valence-electron chi connectivity index (χ4n) is 2.17. The van der Waals surface area contributed by atoms with Crippen LogP contribution in [0.2, 0.25) is 5.15 Å². The molecule has 0 aliphatic carbocycles. The van der Waals surface area contributed by atoms with Crippen LogP contribution in [-0.4, -0.2) is 41.7 Å². The molecule has 0 fully saturated rings. The molecule has 0 amide bonds. The number of nitrogens with one attached hydrogen (secondary N) is 1. The summed E-state index contributed by atoms with van der Waals surface area (Å²) in [5.74, 6) is 0.676. The number of aromatic nitrogens is 1. The van der Waals surface area contributed by atoms with Crippen molar-refractivity contribution < 1.29 is 5.11 Å². The molecule has 1 aromatic heterocycles. The summed E-state index contributed by atoms with van der Waals surface area (Å²) in [6.07, 6.45) is 0.796. The molecule has 1 aliphatic heterocycles. The lowest BCUT2D eigenvalue weighted by atomic mass is 9.97. The average molecular weight is 267 g/mol. The lowest BCUT2D eigenvalue weighted by Gasteiger charge is -2.27. The van der Waals surface area contributed by atoms with Crippen LogP contribution in [0.5, 0.6) is 0 Å². The first-order chi connectivity index (χ1) is 8.67. The second kappa shape index (κ2) is 5.53. The molecule has 0 aromatic carbocycles. The number of pyridine rings is 1. The summed E-state index contributed by atoms with van der Waals surface area (Å²) < 4.78 is 0. The number of fused-ring (bicyclic) bond motifs is 1. The Bertz CT molecular complexity index is 498. The van der Waals surface area contributed by atoms with E-state index in [0.29, 0.717) is 17.9 Å². The number of anilines is 1. The van der Waals surface area contributed by atoms with Crippen molar-refractivity contribution in [1.29, 1.82) is 5.26 Å². The van der Waals surface area contributed by atoms with E-state index in [0.717, 1.165) is 30.6 Å². The van der Waals surface area contributed by atoms with Crippen LogP contribution in [0.15, 0.2) is 0 Å². The summed E-state index contributed by atoms with van der Waals surface area (Å²) in [5.41, 5.74) is 2.48. The maximum absolute atomic E-state index is 9.16. The van der Waals surface area contributed by atoms with Gasteiger partial charge in [0.1, 0.15) is 17.0 Å². The third-order valence-electron chi connectivity index (χ3n) is 3.06. The van der Waals surface area contributed by atoms with Gasteiger partial charge in [-0.2, -0.15) is 5.26 Å². The lowest BCUT2D eigenvalue weighted by Crippen LogP contribution is -2.29. The highest BCUT2D eigenvalue weighted by Gasteiger charge is 2.23. The molecule has 0 atom stereocenters. The Hall–Kier alpha value is -1.35. The smallest absolute Gasteiger partial charge is 0.149 e. The molecule has 5 nitrogen and oxygen atoms in total. The molecule has 0 saturated heterocycles. The molecule has 1 aromatic rings. The Morgan fingerprint density at radius 2 is 2.33 bits per heavy atom. The van der Waals surface area contributed by atoms with Gasteiger partial charge >= 0.3 is 0 Å². The summed E-state index contributed by atoms with van der Waals surface area (Å²) in [7, 11) is 2.03. The van der Waals surface area contributed by atoms with Gasteiger partial charge < -0.3 is 15.3 Å². The number of hydrogen-bond donors (Lipinski definition) is 2. The van der Waals surface area contributed by atoms with Gasteiger partial charge in [0.2, 0.25) is 0 Å². The minimum atomic E-state index is 0.0317. The first kappa shape index (κ1) is 13.1. The molecule has 0 unspecified atom stereocenters. The summed E-state index contributed by atoms with van der Waals surface area (Å²) >= 11 is 6.03. The summed E-state index contributed by atoms with van der Waals surface area (Å²) in [4.78, 5) is 6.39. The fraction of sp³-hybridized carbons (Fsp3) is 0.500. The van der Waals surface area contributed by atoms with Crippen molar-refractivity contribution in [3.05, 3.63) is 21.8 Å². The molecule has 0 saturated carbocycles. The number of hydrogen-bond acceptors (Lipinski definition) is 5. The minimum absolute atomic E-state index is 0.0317. The lowest BCUT2D eigenvalue weighted by molar-refractivity contribution is 0.308. The van der Waals surface area contributed by atoms with E-state index in [1.165, 1.54) is 0 Å². The van der Waals surface area contributed by atoms with Gasteiger partial charge in [-0.15, -0.1) is 0 Å². The molecule has 2 N–H and O–H groups in total. The number of nitrogens with zero attached hydrogens (tertiary/aromatic N) is 3. The van der Waals surface area contributed by atoms with Gasteiger partial charge in [-0.3, -0.25) is 0 Å². The van der Waals surface area contributed by atoms with E-state index >= 15 is 0 Å². The number of rotatable bonds is 3. The van der Waals surface area contributed by atoms with E-state index < -0.39 is 0 Å². The fourth-order valence-corrected chi connectivity index (χ4v) is 2.41. The normalized spacial score (nSPS) is 15.0. The minimum Gasteiger partial charge on any atom is -0.395 e. The van der Waals surface area contributed by atoms with Gasteiger partial charge in [-0.05, 0) is 19.0 Å². The monoisotopic (exact) mass is 266 g/mol. The number of halogens is 1. The van der Waals surface area contributed by atoms with Crippen molar-refractivity contribution in [2.24, 2.45) is 0 Å². The van der Waals surface area contributed by atoms with Crippen LogP contribution in [0.25, 0.3) is 0 Å². The van der Waals surface area contributed by atoms with Crippen molar-refractivity contribution in [3.8, 4) is 6.07 Å². The molecule has 2 rings (SSSR count). The van der Waals surface area contributed by atoms with E-state index in [1.807, 2.05) is 7.05 Å². The Morgan fingerprint density at radius 3 is 3.00 bits per heavy atom. The van der Waals surface area contributed by atoms with E-state index in [1.54, 1.807) is 0 Å². The van der Waals surface area contributed by atoms with Crippen molar-refractivity contribution in [2.75, 3.05) is 32.1 Å². The third kappa shape index (κ3) is 2.41. The third-order valence-corrected chi connectivity index (χ3v) is 3.33. The molecule has 1 aliphatic rings. The predicted molar refractivity (Wildman–Crippen MR) is 69.6 cm³/mol. The quantitative estimate of drug-likeness (QED) is 0.799. The van der Waals surface area contributed by atoms with E-state index in [2.05, 4.69) is 21.3 Å². The van der Waals surface area contributed by atoms with Crippen LogP contribution in [-0.2, 0) is 13.0 Å². The van der Waals surface area contributed by atoms with Gasteiger partial charge in [0.25, 0.3) is 0 Å². The van der Waals surface area contributed by atoms with E-state index in [9.17, 15) is 0 Å². The Kier molecular flexibility index (Phi) is 4.02. The second-order valence-electron chi connectivity index (χ2n) is 4.33. The molecule has 0 bridgehead atoms. The van der Waals surface area contributed by atoms with Gasteiger partial charge in [0.05, 0.1) is 12.2 Å². The molecule has 6 heteroatoms. The molecular weight excluding hydrogens is 252 g/mol. The Balaban J connectivity index is 2.48. The van der Waals surface area contributed by atoms with Crippen molar-refractivity contribution in [1.82, 2.24) is 9.88 Å². The van der Waals surface area contributed by atoms with Crippen LogP contribution < -0.4 is 5.32 Å². The SMILES string of the molecule is CN1CCc2c(C#N)c(Cl)nc(NCCO)c2C1. The summed E-state index contributed by atoms with van der Waals surface area (Å²) in [5, 5.41) is 21.3. The molecule has 2 heterocycles. The van der Waals surface area contributed by atoms with Gasteiger partial charge in [-0.1, -0.05) is 11.6 Å². The number of nitriles is 1. The van der Waals surface area contributed by atoms with Gasteiger partial charge in [0, 0.05) is 25.2 Å². The zero-order chi connectivity index (χ0) is 13.1. The van der Waals surface area contributed by atoms with Crippen LogP contribution in [0, 0.1) is 11.3 Å². The van der Waals surface area contributed by atoms with Crippen LogP contribution >= 0.6 is 11.6 Å². The zero-order valence-electron chi connectivity index (χ0n) is 10.2. The highest BCUT2D eigenvalue weighted by molar-refractivity contribution is 6.30. The molecule has 18 heavy (non-hydrogen) atoms. The largest absolute Gasteiger partial charge is 0.395 e.